The molecule has 0 fully saturated rings. The minimum absolute atomic E-state index is 0.245. The standard InChI is InChI=1S/C16H29N3O2/c1-6-13-18-14(16(20)21-7-2)15(17)19(13)12(5)10-8-9-11(3)4/h11-12H,6-10,17H2,1-5H3. The van der Waals surface area contributed by atoms with Crippen molar-refractivity contribution < 1.29 is 9.53 Å². The van der Waals surface area contributed by atoms with Crippen molar-refractivity contribution in [2.45, 2.75) is 66.3 Å². The molecule has 1 rings (SSSR count). The number of esters is 1. The number of imidazole rings is 1. The average Bonchev–Trinajstić information content (AvgIpc) is 2.75. The maximum absolute atomic E-state index is 11.9. The number of ether oxygens (including phenoxy) is 1. The van der Waals surface area contributed by atoms with Crippen molar-refractivity contribution in [1.29, 1.82) is 0 Å². The molecule has 0 saturated carbocycles. The molecule has 0 aliphatic heterocycles. The van der Waals surface area contributed by atoms with Gasteiger partial charge >= 0.3 is 5.97 Å². The first-order valence-corrected chi connectivity index (χ1v) is 7.95. The Balaban J connectivity index is 2.92. The Morgan fingerprint density at radius 1 is 1.29 bits per heavy atom. The number of anilines is 1. The number of hydrogen-bond acceptors (Lipinski definition) is 4. The monoisotopic (exact) mass is 295 g/mol. The molecule has 1 aromatic heterocycles. The van der Waals surface area contributed by atoms with Crippen LogP contribution < -0.4 is 5.73 Å². The summed E-state index contributed by atoms with van der Waals surface area (Å²) >= 11 is 0. The molecule has 1 aromatic rings. The summed E-state index contributed by atoms with van der Waals surface area (Å²) in [5, 5.41) is 0. The van der Waals surface area contributed by atoms with Gasteiger partial charge in [0.2, 0.25) is 0 Å². The van der Waals surface area contributed by atoms with Gasteiger partial charge in [0.05, 0.1) is 6.61 Å². The number of nitrogen functional groups attached to an aromatic ring is 1. The van der Waals surface area contributed by atoms with Gasteiger partial charge in [-0.1, -0.05) is 33.6 Å². The van der Waals surface area contributed by atoms with E-state index in [1.54, 1.807) is 6.92 Å². The van der Waals surface area contributed by atoms with Gasteiger partial charge in [-0.3, -0.25) is 0 Å². The Kier molecular flexibility index (Phi) is 6.72. The minimum atomic E-state index is -0.433. The van der Waals surface area contributed by atoms with Gasteiger partial charge in [0.15, 0.2) is 5.69 Å². The SMILES string of the molecule is CCOC(=O)c1nc(CC)n(C(C)CCCC(C)C)c1N. The largest absolute Gasteiger partial charge is 0.461 e. The van der Waals surface area contributed by atoms with Crippen LogP contribution >= 0.6 is 0 Å². The molecule has 120 valence electrons. The third kappa shape index (κ3) is 4.48. The molecule has 0 spiro atoms. The van der Waals surface area contributed by atoms with Crippen molar-refractivity contribution in [3.8, 4) is 0 Å². The summed E-state index contributed by atoms with van der Waals surface area (Å²) in [4.78, 5) is 16.3. The predicted octanol–water partition coefficient (Wildman–Crippen LogP) is 3.59. The number of hydrogen-bond donors (Lipinski definition) is 1. The van der Waals surface area contributed by atoms with E-state index in [9.17, 15) is 4.79 Å². The third-order valence-corrected chi connectivity index (χ3v) is 3.65. The third-order valence-electron chi connectivity index (χ3n) is 3.65. The Labute approximate surface area is 127 Å². The molecule has 0 saturated heterocycles. The molecule has 1 heterocycles. The summed E-state index contributed by atoms with van der Waals surface area (Å²) in [5.41, 5.74) is 6.40. The number of carbonyl (C=O) groups excluding carboxylic acids is 1. The van der Waals surface area contributed by atoms with Crippen molar-refractivity contribution in [3.63, 3.8) is 0 Å². The molecule has 0 radical (unpaired) electrons. The first-order valence-electron chi connectivity index (χ1n) is 7.95. The summed E-state index contributed by atoms with van der Waals surface area (Å²) in [6.45, 7) is 10.7. The predicted molar refractivity (Wildman–Crippen MR) is 85.4 cm³/mol. The van der Waals surface area contributed by atoms with Crippen LogP contribution in [0.15, 0.2) is 0 Å². The lowest BCUT2D eigenvalue weighted by Gasteiger charge is -2.18. The molecule has 1 unspecified atom stereocenters. The summed E-state index contributed by atoms with van der Waals surface area (Å²) in [5.74, 6) is 1.56. The fraction of sp³-hybridized carbons (Fsp3) is 0.750. The Bertz CT molecular complexity index is 466. The number of nitrogens with two attached hydrogens (primary N) is 1. The molecule has 5 heteroatoms. The topological polar surface area (TPSA) is 70.1 Å². The lowest BCUT2D eigenvalue weighted by molar-refractivity contribution is 0.0521. The smallest absolute Gasteiger partial charge is 0.360 e. The molecule has 5 nitrogen and oxygen atoms in total. The van der Waals surface area contributed by atoms with Crippen LogP contribution in [0, 0.1) is 5.92 Å². The summed E-state index contributed by atoms with van der Waals surface area (Å²) in [6, 6.07) is 0.245. The molecule has 0 bridgehead atoms. The Morgan fingerprint density at radius 3 is 2.48 bits per heavy atom. The zero-order valence-electron chi connectivity index (χ0n) is 14.0. The van der Waals surface area contributed by atoms with Gasteiger partial charge < -0.3 is 15.0 Å². The molecule has 1 atom stereocenters. The highest BCUT2D eigenvalue weighted by Gasteiger charge is 2.23. The van der Waals surface area contributed by atoms with Crippen LogP contribution in [0.4, 0.5) is 5.82 Å². The first-order chi connectivity index (χ1) is 9.92. The van der Waals surface area contributed by atoms with E-state index in [4.69, 9.17) is 10.5 Å². The van der Waals surface area contributed by atoms with Gasteiger partial charge in [0, 0.05) is 12.5 Å². The van der Waals surface area contributed by atoms with Crippen LogP contribution in [0.25, 0.3) is 0 Å². The highest BCUT2D eigenvalue weighted by atomic mass is 16.5. The number of aryl methyl sites for hydroxylation is 1. The van der Waals surface area contributed by atoms with E-state index in [0.29, 0.717) is 18.3 Å². The quantitative estimate of drug-likeness (QED) is 0.744. The van der Waals surface area contributed by atoms with Crippen LogP contribution in [0.2, 0.25) is 0 Å². The zero-order valence-corrected chi connectivity index (χ0v) is 14.0. The summed E-state index contributed by atoms with van der Waals surface area (Å²) < 4.78 is 7.01. The van der Waals surface area contributed by atoms with E-state index in [1.165, 1.54) is 6.42 Å². The normalized spacial score (nSPS) is 12.7. The highest BCUT2D eigenvalue weighted by molar-refractivity contribution is 5.92. The lowest BCUT2D eigenvalue weighted by Crippen LogP contribution is -2.13. The van der Waals surface area contributed by atoms with Gasteiger partial charge in [-0.05, 0) is 26.2 Å². The molecule has 0 aliphatic carbocycles. The molecule has 2 N–H and O–H groups in total. The zero-order chi connectivity index (χ0) is 16.0. The summed E-state index contributed by atoms with van der Waals surface area (Å²) in [7, 11) is 0. The fourth-order valence-corrected chi connectivity index (χ4v) is 2.53. The maximum atomic E-state index is 11.9. The van der Waals surface area contributed by atoms with Crippen LogP contribution in [0.3, 0.4) is 0 Å². The molecule has 21 heavy (non-hydrogen) atoms. The number of aromatic nitrogens is 2. The van der Waals surface area contributed by atoms with E-state index in [-0.39, 0.29) is 11.7 Å². The van der Waals surface area contributed by atoms with Gasteiger partial charge in [-0.15, -0.1) is 0 Å². The van der Waals surface area contributed by atoms with E-state index in [2.05, 4.69) is 25.8 Å². The Hall–Kier alpha value is -1.52. The minimum Gasteiger partial charge on any atom is -0.461 e. The van der Waals surface area contributed by atoms with Gasteiger partial charge in [0.1, 0.15) is 11.6 Å². The van der Waals surface area contributed by atoms with Crippen molar-refractivity contribution >= 4 is 11.8 Å². The first kappa shape index (κ1) is 17.5. The molecule has 0 aliphatic rings. The maximum Gasteiger partial charge on any atom is 0.360 e. The molecule has 0 amide bonds. The van der Waals surface area contributed by atoms with Crippen LogP contribution in [-0.2, 0) is 11.2 Å². The van der Waals surface area contributed by atoms with Crippen LogP contribution in [0.1, 0.15) is 76.2 Å². The second-order valence-corrected chi connectivity index (χ2v) is 5.88. The fourth-order valence-electron chi connectivity index (χ4n) is 2.53. The van der Waals surface area contributed by atoms with E-state index in [1.807, 2.05) is 11.5 Å². The van der Waals surface area contributed by atoms with Gasteiger partial charge in [-0.2, -0.15) is 0 Å². The van der Waals surface area contributed by atoms with E-state index >= 15 is 0 Å². The molecular weight excluding hydrogens is 266 g/mol. The second kappa shape index (κ2) is 8.05. The van der Waals surface area contributed by atoms with Crippen molar-refractivity contribution in [2.75, 3.05) is 12.3 Å². The summed E-state index contributed by atoms with van der Waals surface area (Å²) in [6.07, 6.45) is 4.13. The van der Waals surface area contributed by atoms with Crippen molar-refractivity contribution in [1.82, 2.24) is 9.55 Å². The van der Waals surface area contributed by atoms with E-state index in [0.717, 1.165) is 25.1 Å². The van der Waals surface area contributed by atoms with Crippen molar-refractivity contribution in [2.24, 2.45) is 5.92 Å². The number of nitrogens with zero attached hydrogens (tertiary/aromatic N) is 2. The van der Waals surface area contributed by atoms with Crippen molar-refractivity contribution in [3.05, 3.63) is 11.5 Å². The molecule has 0 aromatic carbocycles. The number of rotatable bonds is 8. The van der Waals surface area contributed by atoms with Crippen LogP contribution in [-0.4, -0.2) is 22.1 Å². The second-order valence-electron chi connectivity index (χ2n) is 5.88. The lowest BCUT2D eigenvalue weighted by atomic mass is 10.0. The van der Waals surface area contributed by atoms with Gasteiger partial charge in [0.25, 0.3) is 0 Å². The van der Waals surface area contributed by atoms with Gasteiger partial charge in [-0.25, -0.2) is 9.78 Å². The van der Waals surface area contributed by atoms with Crippen LogP contribution in [0.5, 0.6) is 0 Å². The molecular formula is C16H29N3O2. The Morgan fingerprint density at radius 2 is 1.95 bits per heavy atom. The number of carbonyl (C=O) groups is 1. The van der Waals surface area contributed by atoms with E-state index < -0.39 is 5.97 Å². The average molecular weight is 295 g/mol. The highest BCUT2D eigenvalue weighted by Crippen LogP contribution is 2.25.